The van der Waals surface area contributed by atoms with E-state index < -0.39 is 10.0 Å². The molecule has 2 aromatic rings. The number of nitrogens with one attached hydrogen (secondary N) is 1. The number of anilines is 1. The van der Waals surface area contributed by atoms with E-state index in [-0.39, 0.29) is 17.7 Å². The number of piperidine rings is 1. The van der Waals surface area contributed by atoms with Gasteiger partial charge in [0, 0.05) is 23.5 Å². The van der Waals surface area contributed by atoms with Gasteiger partial charge in [-0.15, -0.1) is 11.3 Å². The molecule has 0 radical (unpaired) electrons. The maximum Gasteiger partial charge on any atom is 0.251 e. The van der Waals surface area contributed by atoms with E-state index in [1.165, 1.54) is 22.0 Å². The number of sulfonamides is 1. The lowest BCUT2D eigenvalue weighted by atomic mass is 9.97. The molecule has 30 heavy (non-hydrogen) atoms. The van der Waals surface area contributed by atoms with Crippen molar-refractivity contribution in [1.29, 1.82) is 0 Å². The summed E-state index contributed by atoms with van der Waals surface area (Å²) in [6, 6.07) is 11.3. The molecular weight excluding hydrogens is 418 g/mol. The summed E-state index contributed by atoms with van der Waals surface area (Å²) in [7, 11) is -3.26. The van der Waals surface area contributed by atoms with Gasteiger partial charge in [0.2, 0.25) is 10.0 Å². The molecule has 1 atom stereocenters. The monoisotopic (exact) mass is 447 g/mol. The number of hydrogen-bond acceptors (Lipinski definition) is 5. The number of rotatable bonds is 6. The predicted molar refractivity (Wildman–Crippen MR) is 122 cm³/mol. The van der Waals surface area contributed by atoms with Crippen LogP contribution in [0.2, 0.25) is 0 Å². The van der Waals surface area contributed by atoms with Gasteiger partial charge in [-0.3, -0.25) is 14.0 Å². The van der Waals surface area contributed by atoms with Gasteiger partial charge in [0.15, 0.2) is 0 Å². The lowest BCUT2D eigenvalue weighted by Crippen LogP contribution is -2.41. The Bertz CT molecular complexity index is 967. The molecule has 0 spiro atoms. The zero-order chi connectivity index (χ0) is 21.1. The van der Waals surface area contributed by atoms with Crippen molar-refractivity contribution >= 4 is 33.0 Å². The van der Waals surface area contributed by atoms with Gasteiger partial charge < -0.3 is 5.32 Å². The quantitative estimate of drug-likeness (QED) is 0.736. The minimum absolute atomic E-state index is 0.166. The Morgan fingerprint density at radius 2 is 2.00 bits per heavy atom. The number of nitrogens with zero attached hydrogens (tertiary/aromatic N) is 2. The van der Waals surface area contributed by atoms with E-state index in [2.05, 4.69) is 34.7 Å². The normalized spacial score (nSPS) is 20.9. The van der Waals surface area contributed by atoms with Gasteiger partial charge in [-0.1, -0.05) is 19.1 Å². The van der Waals surface area contributed by atoms with Gasteiger partial charge in [-0.25, -0.2) is 8.42 Å². The van der Waals surface area contributed by atoms with Crippen LogP contribution in [0.25, 0.3) is 0 Å². The molecule has 0 bridgehead atoms. The maximum absolute atomic E-state index is 12.9. The van der Waals surface area contributed by atoms with Crippen molar-refractivity contribution in [2.45, 2.75) is 32.2 Å². The second kappa shape index (κ2) is 9.08. The Labute approximate surface area is 182 Å². The Morgan fingerprint density at radius 3 is 2.67 bits per heavy atom. The second-order valence-corrected chi connectivity index (χ2v) is 11.2. The summed E-state index contributed by atoms with van der Waals surface area (Å²) in [6.45, 7) is 5.40. The highest BCUT2D eigenvalue weighted by Gasteiger charge is 2.29. The van der Waals surface area contributed by atoms with Crippen molar-refractivity contribution in [3.05, 3.63) is 52.2 Å². The van der Waals surface area contributed by atoms with Crippen molar-refractivity contribution in [1.82, 2.24) is 10.2 Å². The Hall–Kier alpha value is -1.90. The number of carbonyl (C=O) groups is 1. The van der Waals surface area contributed by atoms with Crippen LogP contribution in [0, 0.1) is 5.92 Å². The summed E-state index contributed by atoms with van der Waals surface area (Å²) < 4.78 is 25.8. The molecule has 1 amide bonds. The molecule has 3 heterocycles. The first-order chi connectivity index (χ1) is 14.4. The van der Waals surface area contributed by atoms with Crippen LogP contribution in [0.5, 0.6) is 0 Å². The van der Waals surface area contributed by atoms with Crippen LogP contribution >= 0.6 is 11.3 Å². The number of likely N-dealkylation sites (tertiary alicyclic amines) is 1. The van der Waals surface area contributed by atoms with E-state index in [0.29, 0.717) is 30.8 Å². The van der Waals surface area contributed by atoms with Crippen LogP contribution in [0.15, 0.2) is 41.8 Å². The molecule has 1 aromatic heterocycles. The molecule has 162 valence electrons. The summed E-state index contributed by atoms with van der Waals surface area (Å²) in [4.78, 5) is 16.6. The third kappa shape index (κ3) is 4.71. The largest absolute Gasteiger partial charge is 0.350 e. The molecule has 1 aromatic carbocycles. The molecule has 4 rings (SSSR count). The molecule has 1 unspecified atom stereocenters. The minimum atomic E-state index is -3.26. The lowest BCUT2D eigenvalue weighted by molar-refractivity contribution is 0.0915. The molecule has 8 heteroatoms. The molecule has 0 saturated carbocycles. The fraction of sp³-hybridized carbons (Fsp3) is 0.500. The van der Waals surface area contributed by atoms with Crippen LogP contribution < -0.4 is 9.62 Å². The number of thiophene rings is 1. The van der Waals surface area contributed by atoms with E-state index in [1.54, 1.807) is 35.6 Å². The highest BCUT2D eigenvalue weighted by molar-refractivity contribution is 7.93. The van der Waals surface area contributed by atoms with E-state index in [4.69, 9.17) is 0 Å². The maximum atomic E-state index is 12.9. The van der Waals surface area contributed by atoms with Gasteiger partial charge in [0.25, 0.3) is 5.91 Å². The minimum Gasteiger partial charge on any atom is -0.350 e. The second-order valence-electron chi connectivity index (χ2n) is 8.25. The molecule has 0 aliphatic carbocycles. The fourth-order valence-corrected chi connectivity index (χ4v) is 6.67. The summed E-state index contributed by atoms with van der Waals surface area (Å²) in [5.74, 6) is 0.755. The Morgan fingerprint density at radius 1 is 1.20 bits per heavy atom. The summed E-state index contributed by atoms with van der Waals surface area (Å²) in [6.07, 6.45) is 2.99. The van der Waals surface area contributed by atoms with Gasteiger partial charge >= 0.3 is 0 Å². The predicted octanol–water partition coefficient (Wildman–Crippen LogP) is 3.49. The zero-order valence-corrected chi connectivity index (χ0v) is 18.9. The first-order valence-electron chi connectivity index (χ1n) is 10.6. The van der Waals surface area contributed by atoms with Crippen molar-refractivity contribution in [2.75, 3.05) is 36.2 Å². The molecule has 2 aliphatic heterocycles. The molecule has 2 fully saturated rings. The van der Waals surface area contributed by atoms with Crippen molar-refractivity contribution in [2.24, 2.45) is 5.92 Å². The number of hydrogen-bond donors (Lipinski definition) is 1. The van der Waals surface area contributed by atoms with Gasteiger partial charge in [-0.05, 0) is 67.9 Å². The van der Waals surface area contributed by atoms with Crippen LogP contribution in [0.3, 0.4) is 0 Å². The summed E-state index contributed by atoms with van der Waals surface area (Å²) in [5, 5.41) is 5.17. The zero-order valence-electron chi connectivity index (χ0n) is 17.3. The van der Waals surface area contributed by atoms with Crippen LogP contribution in [-0.4, -0.2) is 51.2 Å². The highest BCUT2D eigenvalue weighted by atomic mass is 32.2. The van der Waals surface area contributed by atoms with Gasteiger partial charge in [-0.2, -0.15) is 0 Å². The smallest absolute Gasteiger partial charge is 0.251 e. The van der Waals surface area contributed by atoms with E-state index in [9.17, 15) is 13.2 Å². The van der Waals surface area contributed by atoms with E-state index >= 15 is 0 Å². The van der Waals surface area contributed by atoms with Crippen LogP contribution in [-0.2, 0) is 10.0 Å². The van der Waals surface area contributed by atoms with Crippen molar-refractivity contribution in [3.8, 4) is 0 Å². The van der Waals surface area contributed by atoms with Gasteiger partial charge in [0.05, 0.1) is 17.5 Å². The average Bonchev–Trinajstić information content (AvgIpc) is 3.39. The van der Waals surface area contributed by atoms with E-state index in [0.717, 1.165) is 19.0 Å². The third-order valence-electron chi connectivity index (χ3n) is 6.08. The first-order valence-corrected chi connectivity index (χ1v) is 13.1. The molecular formula is C22H29N3O3S2. The van der Waals surface area contributed by atoms with Crippen LogP contribution in [0.1, 0.15) is 47.5 Å². The lowest BCUT2D eigenvalue weighted by Gasteiger charge is -2.36. The van der Waals surface area contributed by atoms with Crippen molar-refractivity contribution in [3.63, 3.8) is 0 Å². The summed E-state index contributed by atoms with van der Waals surface area (Å²) >= 11 is 1.73. The SMILES string of the molecule is CC1CCN(C(CNC(=O)c2cccc(N3CCCS3(=O)=O)c2)c2cccs2)CC1. The topological polar surface area (TPSA) is 69.7 Å². The number of amides is 1. The van der Waals surface area contributed by atoms with Crippen molar-refractivity contribution < 1.29 is 13.2 Å². The molecule has 6 nitrogen and oxygen atoms in total. The van der Waals surface area contributed by atoms with Gasteiger partial charge in [0.1, 0.15) is 0 Å². The Kier molecular flexibility index (Phi) is 6.46. The fourth-order valence-electron chi connectivity index (χ4n) is 4.25. The standard InChI is InChI=1S/C22H29N3O3S2/c1-17-8-11-24(12-9-17)20(21-7-3-13-29-21)16-23-22(26)18-5-2-6-19(15-18)25-10-4-14-30(25,27)28/h2-3,5-7,13,15,17,20H,4,8-12,14,16H2,1H3,(H,23,26). The molecule has 1 N–H and O–H groups in total. The Balaban J connectivity index is 1.45. The number of benzene rings is 1. The average molecular weight is 448 g/mol. The highest BCUT2D eigenvalue weighted by Crippen LogP contribution is 2.29. The molecule has 2 saturated heterocycles. The molecule has 2 aliphatic rings. The van der Waals surface area contributed by atoms with E-state index in [1.807, 2.05) is 0 Å². The third-order valence-corrected chi connectivity index (χ3v) is 8.93. The number of carbonyl (C=O) groups excluding carboxylic acids is 1. The van der Waals surface area contributed by atoms with Crippen LogP contribution in [0.4, 0.5) is 5.69 Å². The summed E-state index contributed by atoms with van der Waals surface area (Å²) in [5.41, 5.74) is 1.06. The first kappa shape index (κ1) is 21.3.